The Morgan fingerprint density at radius 3 is 2.82 bits per heavy atom. The molecule has 0 saturated carbocycles. The smallest absolute Gasteiger partial charge is 0.157 e. The second-order valence-corrected chi connectivity index (χ2v) is 2.59. The zero-order chi connectivity index (χ0) is 8.27. The van der Waals surface area contributed by atoms with Gasteiger partial charge in [-0.25, -0.2) is 0 Å². The number of hydrogen-bond donors (Lipinski definition) is 1. The average Bonchev–Trinajstić information content (AvgIpc) is 2.32. The van der Waals surface area contributed by atoms with Gasteiger partial charge in [0, 0.05) is 20.6 Å². The van der Waals surface area contributed by atoms with Crippen LogP contribution in [-0.4, -0.2) is 44.4 Å². The van der Waals surface area contributed by atoms with Gasteiger partial charge in [0.2, 0.25) is 0 Å². The first kappa shape index (κ1) is 8.93. The normalized spacial score (nSPS) is 37.9. The van der Waals surface area contributed by atoms with Crippen LogP contribution in [0.15, 0.2) is 0 Å². The molecule has 66 valence electrons. The minimum Gasteiger partial charge on any atom is -0.382 e. The van der Waals surface area contributed by atoms with Crippen LogP contribution in [0.1, 0.15) is 6.42 Å². The lowest BCUT2D eigenvalue weighted by molar-refractivity contribution is -0.113. The van der Waals surface area contributed by atoms with Gasteiger partial charge in [0.1, 0.15) is 6.10 Å². The van der Waals surface area contributed by atoms with Gasteiger partial charge >= 0.3 is 0 Å². The van der Waals surface area contributed by atoms with Gasteiger partial charge in [-0.15, -0.1) is 0 Å². The van der Waals surface area contributed by atoms with Crippen LogP contribution in [0.25, 0.3) is 0 Å². The molecular weight excluding hydrogens is 148 g/mol. The topological polar surface area (TPSA) is 47.9 Å². The van der Waals surface area contributed by atoms with E-state index in [2.05, 4.69) is 0 Å². The van der Waals surface area contributed by atoms with Crippen molar-refractivity contribution in [2.45, 2.75) is 24.9 Å². The summed E-state index contributed by atoms with van der Waals surface area (Å²) in [4.78, 5) is 0. The molecule has 1 fully saturated rings. The van der Waals surface area contributed by atoms with Crippen molar-refractivity contribution in [2.75, 3.05) is 20.8 Å². The molecule has 0 aromatic rings. The second kappa shape index (κ2) is 4.01. The van der Waals surface area contributed by atoms with E-state index < -0.39 is 6.29 Å². The zero-order valence-electron chi connectivity index (χ0n) is 6.82. The molecule has 0 amide bonds. The second-order valence-electron chi connectivity index (χ2n) is 2.59. The van der Waals surface area contributed by atoms with Gasteiger partial charge in [-0.05, 0) is 0 Å². The summed E-state index contributed by atoms with van der Waals surface area (Å²) in [5.41, 5.74) is 0. The standard InChI is InChI=1S/C7H14O4/c1-9-4-6-5(10-2)3-7(8)11-6/h5-8H,3-4H2,1-2H3. The molecule has 0 spiro atoms. The van der Waals surface area contributed by atoms with Crippen molar-refractivity contribution in [2.24, 2.45) is 0 Å². The van der Waals surface area contributed by atoms with E-state index in [1.807, 2.05) is 0 Å². The SMILES string of the molecule is COCC1OC(O)CC1OC. The summed E-state index contributed by atoms with van der Waals surface area (Å²) in [5.74, 6) is 0. The molecule has 1 N–H and O–H groups in total. The fraction of sp³-hybridized carbons (Fsp3) is 1.00. The summed E-state index contributed by atoms with van der Waals surface area (Å²) < 4.78 is 15.1. The maximum Gasteiger partial charge on any atom is 0.157 e. The van der Waals surface area contributed by atoms with Gasteiger partial charge in [-0.1, -0.05) is 0 Å². The van der Waals surface area contributed by atoms with Gasteiger partial charge in [-0.2, -0.15) is 0 Å². The first-order chi connectivity index (χ1) is 5.27. The molecule has 4 heteroatoms. The maximum absolute atomic E-state index is 9.07. The van der Waals surface area contributed by atoms with Crippen LogP contribution < -0.4 is 0 Å². The van der Waals surface area contributed by atoms with E-state index in [0.717, 1.165) is 0 Å². The van der Waals surface area contributed by atoms with E-state index in [4.69, 9.17) is 19.3 Å². The van der Waals surface area contributed by atoms with Crippen LogP contribution in [0.4, 0.5) is 0 Å². The first-order valence-corrected chi connectivity index (χ1v) is 3.63. The third-order valence-electron chi connectivity index (χ3n) is 1.81. The van der Waals surface area contributed by atoms with Crippen molar-refractivity contribution in [3.8, 4) is 0 Å². The van der Waals surface area contributed by atoms with Crippen molar-refractivity contribution in [3.05, 3.63) is 0 Å². The lowest BCUT2D eigenvalue weighted by Crippen LogP contribution is -2.27. The van der Waals surface area contributed by atoms with Gasteiger partial charge < -0.3 is 19.3 Å². The number of aliphatic hydroxyl groups excluding tert-OH is 1. The van der Waals surface area contributed by atoms with Crippen LogP contribution in [0.3, 0.4) is 0 Å². The molecule has 1 aliphatic rings. The largest absolute Gasteiger partial charge is 0.382 e. The van der Waals surface area contributed by atoms with Crippen molar-refractivity contribution in [3.63, 3.8) is 0 Å². The Morgan fingerprint density at radius 1 is 1.55 bits per heavy atom. The van der Waals surface area contributed by atoms with Crippen LogP contribution in [0.2, 0.25) is 0 Å². The van der Waals surface area contributed by atoms with Gasteiger partial charge in [0.25, 0.3) is 0 Å². The van der Waals surface area contributed by atoms with E-state index in [0.29, 0.717) is 13.0 Å². The van der Waals surface area contributed by atoms with E-state index in [9.17, 15) is 0 Å². The fourth-order valence-electron chi connectivity index (χ4n) is 1.25. The Kier molecular flexibility index (Phi) is 3.26. The average molecular weight is 162 g/mol. The molecular formula is C7H14O4. The number of rotatable bonds is 3. The third kappa shape index (κ3) is 2.13. The van der Waals surface area contributed by atoms with Gasteiger partial charge in [0.15, 0.2) is 6.29 Å². The highest BCUT2D eigenvalue weighted by molar-refractivity contribution is 4.78. The highest BCUT2D eigenvalue weighted by atomic mass is 16.6. The van der Waals surface area contributed by atoms with Crippen LogP contribution in [0, 0.1) is 0 Å². The number of methoxy groups -OCH3 is 2. The molecule has 1 aliphatic heterocycles. The van der Waals surface area contributed by atoms with E-state index in [1.54, 1.807) is 14.2 Å². The monoisotopic (exact) mass is 162 g/mol. The van der Waals surface area contributed by atoms with E-state index >= 15 is 0 Å². The van der Waals surface area contributed by atoms with Crippen LogP contribution >= 0.6 is 0 Å². The molecule has 1 heterocycles. The first-order valence-electron chi connectivity index (χ1n) is 3.63. The molecule has 11 heavy (non-hydrogen) atoms. The van der Waals surface area contributed by atoms with Crippen LogP contribution in [0.5, 0.6) is 0 Å². The molecule has 0 bridgehead atoms. The van der Waals surface area contributed by atoms with E-state index in [-0.39, 0.29) is 12.2 Å². The Morgan fingerprint density at radius 2 is 2.27 bits per heavy atom. The summed E-state index contributed by atoms with van der Waals surface area (Å²) in [6.07, 6.45) is -0.324. The minimum atomic E-state index is -0.694. The Hall–Kier alpha value is -0.160. The van der Waals surface area contributed by atoms with Crippen molar-refractivity contribution in [1.82, 2.24) is 0 Å². The molecule has 3 atom stereocenters. The summed E-state index contributed by atoms with van der Waals surface area (Å²) >= 11 is 0. The van der Waals surface area contributed by atoms with Gasteiger partial charge in [0.05, 0.1) is 12.7 Å². The number of ether oxygens (including phenoxy) is 3. The Bertz CT molecular complexity index is 117. The molecule has 3 unspecified atom stereocenters. The summed E-state index contributed by atoms with van der Waals surface area (Å²) in [5, 5.41) is 9.07. The summed E-state index contributed by atoms with van der Waals surface area (Å²) in [6, 6.07) is 0. The van der Waals surface area contributed by atoms with Crippen LogP contribution in [-0.2, 0) is 14.2 Å². The maximum atomic E-state index is 9.07. The molecule has 0 aromatic heterocycles. The van der Waals surface area contributed by atoms with Crippen molar-refractivity contribution in [1.29, 1.82) is 0 Å². The molecule has 1 saturated heterocycles. The fourth-order valence-corrected chi connectivity index (χ4v) is 1.25. The predicted molar refractivity (Wildman–Crippen MR) is 38.2 cm³/mol. The molecule has 1 rings (SSSR count). The Balaban J connectivity index is 2.37. The molecule has 0 aromatic carbocycles. The highest BCUT2D eigenvalue weighted by Gasteiger charge is 2.33. The minimum absolute atomic E-state index is 0.0371. The third-order valence-corrected chi connectivity index (χ3v) is 1.81. The molecule has 4 nitrogen and oxygen atoms in total. The predicted octanol–water partition coefficient (Wildman–Crippen LogP) is -0.245. The van der Waals surface area contributed by atoms with Gasteiger partial charge in [-0.3, -0.25) is 0 Å². The Labute approximate surface area is 66.1 Å². The molecule has 0 radical (unpaired) electrons. The highest BCUT2D eigenvalue weighted by Crippen LogP contribution is 2.20. The molecule has 0 aliphatic carbocycles. The summed E-state index contributed by atoms with van der Waals surface area (Å²) in [6.45, 7) is 0.468. The summed E-state index contributed by atoms with van der Waals surface area (Å²) in [7, 11) is 3.20. The number of aliphatic hydroxyl groups is 1. The van der Waals surface area contributed by atoms with E-state index in [1.165, 1.54) is 0 Å². The zero-order valence-corrected chi connectivity index (χ0v) is 6.82. The lowest BCUT2D eigenvalue weighted by atomic mass is 10.2. The van der Waals surface area contributed by atoms with Crippen molar-refractivity contribution >= 4 is 0 Å². The van der Waals surface area contributed by atoms with Crippen molar-refractivity contribution < 1.29 is 19.3 Å². The quantitative estimate of drug-likeness (QED) is 0.622. The lowest BCUT2D eigenvalue weighted by Gasteiger charge is -2.14. The number of hydrogen-bond acceptors (Lipinski definition) is 4.